The molecule has 0 atom stereocenters. The molecule has 0 saturated heterocycles. The van der Waals surface area contributed by atoms with E-state index in [9.17, 15) is 4.79 Å². The Bertz CT molecular complexity index is 1090. The van der Waals surface area contributed by atoms with Gasteiger partial charge in [-0.2, -0.15) is 0 Å². The molecule has 0 spiro atoms. The van der Waals surface area contributed by atoms with Crippen molar-refractivity contribution < 1.29 is 14.3 Å². The van der Waals surface area contributed by atoms with Crippen molar-refractivity contribution in [3.8, 4) is 11.5 Å². The molecule has 0 bridgehead atoms. The second-order valence-corrected chi connectivity index (χ2v) is 8.52. The van der Waals surface area contributed by atoms with Crippen molar-refractivity contribution in [2.75, 3.05) is 14.2 Å². The van der Waals surface area contributed by atoms with Crippen LogP contribution < -0.4 is 14.8 Å². The molecule has 1 amide bonds. The number of ether oxygens (including phenoxy) is 2. The molecule has 1 aliphatic carbocycles. The van der Waals surface area contributed by atoms with Gasteiger partial charge in [-0.15, -0.1) is 11.3 Å². The van der Waals surface area contributed by atoms with E-state index in [4.69, 9.17) is 14.5 Å². The standard InChI is InChI=1S/C25H26N2O3S/c1-29-20-13-12-18(14-21(20)30-2)16-27-25-23(19-10-6-7-11-22(19)31-25)24(28)26-15-17-8-4-3-5-9-17/h3-5,8-9,12-14,16H,6-7,10-11,15H2,1-2H3,(H,26,28). The van der Waals surface area contributed by atoms with E-state index in [1.807, 2.05) is 48.5 Å². The average Bonchev–Trinajstić information content (AvgIpc) is 3.20. The van der Waals surface area contributed by atoms with E-state index in [1.165, 1.54) is 10.4 Å². The average molecular weight is 435 g/mol. The molecule has 6 heteroatoms. The van der Waals surface area contributed by atoms with E-state index in [2.05, 4.69) is 5.32 Å². The van der Waals surface area contributed by atoms with E-state index in [0.29, 0.717) is 18.0 Å². The fourth-order valence-electron chi connectivity index (χ4n) is 3.81. The van der Waals surface area contributed by atoms with Crippen molar-refractivity contribution >= 4 is 28.5 Å². The van der Waals surface area contributed by atoms with Crippen LogP contribution in [0.3, 0.4) is 0 Å². The van der Waals surface area contributed by atoms with Crippen molar-refractivity contribution in [2.45, 2.75) is 32.2 Å². The van der Waals surface area contributed by atoms with Crippen LogP contribution in [0.2, 0.25) is 0 Å². The van der Waals surface area contributed by atoms with Crippen LogP contribution in [0.25, 0.3) is 0 Å². The number of aliphatic imine (C=N–C) groups is 1. The van der Waals surface area contributed by atoms with E-state index in [-0.39, 0.29) is 5.91 Å². The number of hydrogen-bond acceptors (Lipinski definition) is 5. The highest BCUT2D eigenvalue weighted by Gasteiger charge is 2.25. The molecular weight excluding hydrogens is 408 g/mol. The summed E-state index contributed by atoms with van der Waals surface area (Å²) in [5.41, 5.74) is 3.86. The summed E-state index contributed by atoms with van der Waals surface area (Å²) in [7, 11) is 3.23. The molecule has 3 aromatic rings. The van der Waals surface area contributed by atoms with Gasteiger partial charge >= 0.3 is 0 Å². The fraction of sp³-hybridized carbons (Fsp3) is 0.280. The molecule has 5 nitrogen and oxygen atoms in total. The maximum Gasteiger partial charge on any atom is 0.254 e. The van der Waals surface area contributed by atoms with E-state index < -0.39 is 0 Å². The molecule has 1 aliphatic rings. The van der Waals surface area contributed by atoms with E-state index in [1.54, 1.807) is 31.8 Å². The number of fused-ring (bicyclic) bond motifs is 1. The second-order valence-electron chi connectivity index (χ2n) is 7.43. The lowest BCUT2D eigenvalue weighted by molar-refractivity contribution is 0.0951. The number of thiophene rings is 1. The molecule has 31 heavy (non-hydrogen) atoms. The van der Waals surface area contributed by atoms with E-state index in [0.717, 1.165) is 47.4 Å². The molecule has 1 heterocycles. The third-order valence-electron chi connectivity index (χ3n) is 5.41. The first-order valence-electron chi connectivity index (χ1n) is 10.4. The Morgan fingerprint density at radius 2 is 1.84 bits per heavy atom. The molecular formula is C25H26N2O3S. The minimum Gasteiger partial charge on any atom is -0.493 e. The number of carbonyl (C=O) groups excluding carboxylic acids is 1. The van der Waals surface area contributed by atoms with Crippen LogP contribution in [0, 0.1) is 0 Å². The minimum atomic E-state index is -0.0530. The Labute approximate surface area is 186 Å². The van der Waals surface area contributed by atoms with Gasteiger partial charge < -0.3 is 14.8 Å². The van der Waals surface area contributed by atoms with Crippen LogP contribution in [0.15, 0.2) is 53.5 Å². The van der Waals surface area contributed by atoms with Crippen molar-refractivity contribution in [1.29, 1.82) is 0 Å². The first kappa shape index (κ1) is 21.1. The first-order chi connectivity index (χ1) is 15.2. The van der Waals surface area contributed by atoms with Gasteiger partial charge in [-0.1, -0.05) is 30.3 Å². The van der Waals surface area contributed by atoms with Gasteiger partial charge in [-0.3, -0.25) is 4.79 Å². The molecule has 1 N–H and O–H groups in total. The molecule has 2 aromatic carbocycles. The van der Waals surface area contributed by atoms with Gasteiger partial charge in [-0.25, -0.2) is 4.99 Å². The third kappa shape index (κ3) is 4.80. The molecule has 0 aliphatic heterocycles. The van der Waals surface area contributed by atoms with Crippen molar-refractivity contribution in [2.24, 2.45) is 4.99 Å². The summed E-state index contributed by atoms with van der Waals surface area (Å²) in [5, 5.41) is 3.85. The normalized spacial score (nSPS) is 13.1. The first-order valence-corrected chi connectivity index (χ1v) is 11.2. The van der Waals surface area contributed by atoms with Gasteiger partial charge in [-0.05, 0) is 60.6 Å². The maximum atomic E-state index is 13.2. The number of hydrogen-bond donors (Lipinski definition) is 1. The van der Waals surface area contributed by atoms with Gasteiger partial charge in [0, 0.05) is 17.6 Å². The number of amides is 1. The van der Waals surface area contributed by atoms with Crippen molar-refractivity contribution in [1.82, 2.24) is 5.32 Å². The summed E-state index contributed by atoms with van der Waals surface area (Å²) < 4.78 is 10.7. The van der Waals surface area contributed by atoms with Gasteiger partial charge in [0.15, 0.2) is 11.5 Å². The van der Waals surface area contributed by atoms with Gasteiger partial charge in [0.1, 0.15) is 5.00 Å². The van der Waals surface area contributed by atoms with Gasteiger partial charge in [0.05, 0.1) is 19.8 Å². The zero-order valence-electron chi connectivity index (χ0n) is 17.8. The molecule has 0 saturated carbocycles. The number of aryl methyl sites for hydroxylation is 1. The Balaban J connectivity index is 1.61. The second kappa shape index (κ2) is 9.79. The third-order valence-corrected chi connectivity index (χ3v) is 6.61. The highest BCUT2D eigenvalue weighted by atomic mass is 32.1. The number of rotatable bonds is 7. The fourth-order valence-corrected chi connectivity index (χ4v) is 5.04. The summed E-state index contributed by atoms with van der Waals surface area (Å²) in [6, 6.07) is 15.6. The number of carbonyl (C=O) groups is 1. The Hall–Kier alpha value is -3.12. The smallest absolute Gasteiger partial charge is 0.254 e. The van der Waals surface area contributed by atoms with E-state index >= 15 is 0 Å². The molecule has 0 unspecified atom stereocenters. The number of methoxy groups -OCH3 is 2. The monoisotopic (exact) mass is 434 g/mol. The Kier molecular flexibility index (Phi) is 6.67. The zero-order chi connectivity index (χ0) is 21.6. The number of nitrogens with zero attached hydrogens (tertiary/aromatic N) is 1. The molecule has 160 valence electrons. The predicted molar refractivity (Wildman–Crippen MR) is 125 cm³/mol. The Morgan fingerprint density at radius 1 is 1.06 bits per heavy atom. The van der Waals surface area contributed by atoms with Gasteiger partial charge in [0.2, 0.25) is 0 Å². The predicted octanol–water partition coefficient (Wildman–Crippen LogP) is 5.32. The van der Waals surface area contributed by atoms with Crippen LogP contribution in [0.5, 0.6) is 11.5 Å². The molecule has 4 rings (SSSR count). The van der Waals surface area contributed by atoms with Crippen molar-refractivity contribution in [3.63, 3.8) is 0 Å². The SMILES string of the molecule is COc1ccc(C=Nc2sc3c(c2C(=O)NCc2ccccc2)CCCC3)cc1OC. The zero-order valence-corrected chi connectivity index (χ0v) is 18.6. The van der Waals surface area contributed by atoms with Crippen molar-refractivity contribution in [3.05, 3.63) is 75.7 Å². The van der Waals surface area contributed by atoms with Crippen LogP contribution in [0.4, 0.5) is 5.00 Å². The van der Waals surface area contributed by atoms with Crippen LogP contribution in [0.1, 0.15) is 44.8 Å². The lowest BCUT2D eigenvalue weighted by Crippen LogP contribution is -2.24. The van der Waals surface area contributed by atoms with Gasteiger partial charge in [0.25, 0.3) is 5.91 Å². The highest BCUT2D eigenvalue weighted by Crippen LogP contribution is 2.40. The lowest BCUT2D eigenvalue weighted by atomic mass is 9.95. The van der Waals surface area contributed by atoms with Crippen LogP contribution in [-0.4, -0.2) is 26.3 Å². The molecule has 1 aromatic heterocycles. The van der Waals surface area contributed by atoms with Crippen LogP contribution in [-0.2, 0) is 19.4 Å². The topological polar surface area (TPSA) is 59.9 Å². The summed E-state index contributed by atoms with van der Waals surface area (Å²) >= 11 is 1.63. The summed E-state index contributed by atoms with van der Waals surface area (Å²) in [4.78, 5) is 19.2. The van der Waals surface area contributed by atoms with Crippen LogP contribution >= 0.6 is 11.3 Å². The maximum absolute atomic E-state index is 13.2. The molecule has 0 fully saturated rings. The quantitative estimate of drug-likeness (QED) is 0.512. The number of nitrogens with one attached hydrogen (secondary N) is 1. The lowest BCUT2D eigenvalue weighted by Gasteiger charge is -2.13. The summed E-state index contributed by atoms with van der Waals surface area (Å²) in [6.45, 7) is 0.503. The summed E-state index contributed by atoms with van der Waals surface area (Å²) in [5.74, 6) is 1.27. The number of benzene rings is 2. The highest BCUT2D eigenvalue weighted by molar-refractivity contribution is 7.16. The Morgan fingerprint density at radius 3 is 2.61 bits per heavy atom. The largest absolute Gasteiger partial charge is 0.493 e. The molecule has 0 radical (unpaired) electrons. The minimum absolute atomic E-state index is 0.0530. The summed E-state index contributed by atoms with van der Waals surface area (Å²) in [6.07, 6.45) is 6.02.